The number of piperidine rings is 1. The van der Waals surface area contributed by atoms with Gasteiger partial charge in [0.15, 0.2) is 0 Å². The van der Waals surface area contributed by atoms with Crippen molar-refractivity contribution < 1.29 is 9.53 Å². The lowest BCUT2D eigenvalue weighted by molar-refractivity contribution is -0.111. The molecular weight excluding hydrogens is 468 g/mol. The number of aldehydes is 1. The number of fused-ring (bicyclic) bond motifs is 1. The highest BCUT2D eigenvalue weighted by Gasteiger charge is 2.42. The zero-order valence-corrected chi connectivity index (χ0v) is 22.2. The standard InChI is InChI=1S/C29H38N4O2S/c1-35-29(24-5-3-2-4-6-24)15-17-32(18-16-29)25-13-11-22(12-14-25)26-19-33-28(30-26)36-27(31-33)23-9-7-21(20-34)8-10-23/h11-14,19-21,23-24H,2-10,15-18H2,1H3/t21-,23-. The van der Waals surface area contributed by atoms with Crippen molar-refractivity contribution >= 4 is 28.3 Å². The first kappa shape index (κ1) is 24.1. The predicted molar refractivity (Wildman–Crippen MR) is 145 cm³/mol. The van der Waals surface area contributed by atoms with E-state index in [4.69, 9.17) is 14.8 Å². The molecule has 3 heterocycles. The lowest BCUT2D eigenvalue weighted by atomic mass is 9.72. The molecule has 0 bridgehead atoms. The van der Waals surface area contributed by atoms with Crippen LogP contribution < -0.4 is 4.90 Å². The third-order valence-corrected chi connectivity index (χ3v) is 10.4. The van der Waals surface area contributed by atoms with E-state index in [0.717, 1.165) is 85.0 Å². The summed E-state index contributed by atoms with van der Waals surface area (Å²) in [5, 5.41) is 6.01. The van der Waals surface area contributed by atoms with Gasteiger partial charge in [-0.05, 0) is 69.4 Å². The normalized spacial score (nSPS) is 25.3. The second-order valence-corrected chi connectivity index (χ2v) is 12.2. The van der Waals surface area contributed by atoms with E-state index >= 15 is 0 Å². The molecule has 1 aromatic carbocycles. The summed E-state index contributed by atoms with van der Waals surface area (Å²) in [5.41, 5.74) is 3.49. The minimum atomic E-state index is 0.0821. The van der Waals surface area contributed by atoms with Gasteiger partial charge in [-0.3, -0.25) is 0 Å². The van der Waals surface area contributed by atoms with Crippen LogP contribution in [-0.4, -0.2) is 46.7 Å². The predicted octanol–water partition coefficient (Wildman–Crippen LogP) is 6.50. The van der Waals surface area contributed by atoms with Crippen molar-refractivity contribution in [1.82, 2.24) is 14.6 Å². The molecule has 3 aromatic rings. The lowest BCUT2D eigenvalue weighted by Crippen LogP contribution is -2.50. The van der Waals surface area contributed by atoms with Crippen LogP contribution in [0.1, 0.15) is 81.6 Å². The van der Waals surface area contributed by atoms with Crippen LogP contribution in [0.4, 0.5) is 5.69 Å². The average molecular weight is 507 g/mol. The van der Waals surface area contributed by atoms with Gasteiger partial charge >= 0.3 is 0 Å². The third-order valence-electron chi connectivity index (χ3n) is 9.27. The monoisotopic (exact) mass is 506 g/mol. The minimum absolute atomic E-state index is 0.0821. The van der Waals surface area contributed by atoms with E-state index in [2.05, 4.69) is 35.4 Å². The number of ether oxygens (including phenoxy) is 1. The average Bonchev–Trinajstić information content (AvgIpc) is 3.54. The Hall–Kier alpha value is -2.25. The molecule has 1 aliphatic heterocycles. The Morgan fingerprint density at radius 3 is 2.36 bits per heavy atom. The fourth-order valence-electron chi connectivity index (χ4n) is 6.92. The highest BCUT2D eigenvalue weighted by atomic mass is 32.1. The molecule has 0 unspecified atom stereocenters. The quantitative estimate of drug-likeness (QED) is 0.357. The van der Waals surface area contributed by atoms with E-state index < -0.39 is 0 Å². The van der Waals surface area contributed by atoms with Crippen molar-refractivity contribution in [2.75, 3.05) is 25.1 Å². The van der Waals surface area contributed by atoms with Gasteiger partial charge in [0.25, 0.3) is 0 Å². The van der Waals surface area contributed by atoms with Crippen LogP contribution >= 0.6 is 11.3 Å². The van der Waals surface area contributed by atoms with E-state index in [1.807, 2.05) is 11.6 Å². The molecule has 2 aromatic heterocycles. The van der Waals surface area contributed by atoms with Crippen LogP contribution in [0.25, 0.3) is 16.2 Å². The summed E-state index contributed by atoms with van der Waals surface area (Å²) in [6.45, 7) is 2.12. The van der Waals surface area contributed by atoms with Gasteiger partial charge in [0.1, 0.15) is 11.3 Å². The van der Waals surface area contributed by atoms with E-state index in [0.29, 0.717) is 5.92 Å². The Labute approximate surface area is 218 Å². The zero-order valence-electron chi connectivity index (χ0n) is 21.4. The van der Waals surface area contributed by atoms with E-state index in [1.54, 1.807) is 11.3 Å². The van der Waals surface area contributed by atoms with Crippen LogP contribution in [0, 0.1) is 11.8 Å². The number of carbonyl (C=O) groups is 1. The van der Waals surface area contributed by atoms with Gasteiger partial charge in [-0.15, -0.1) is 0 Å². The molecule has 3 fully saturated rings. The van der Waals surface area contributed by atoms with E-state index in [-0.39, 0.29) is 11.5 Å². The number of imidazole rings is 1. The maximum atomic E-state index is 11.0. The Bertz CT molecular complexity index is 1130. The Kier molecular flexibility index (Phi) is 6.86. The number of hydrogen-bond donors (Lipinski definition) is 0. The molecule has 7 heteroatoms. The van der Waals surface area contributed by atoms with Crippen molar-refractivity contribution in [1.29, 1.82) is 0 Å². The number of hydrogen-bond acceptors (Lipinski definition) is 6. The second kappa shape index (κ2) is 10.3. The highest BCUT2D eigenvalue weighted by molar-refractivity contribution is 7.16. The summed E-state index contributed by atoms with van der Waals surface area (Å²) >= 11 is 1.70. The van der Waals surface area contributed by atoms with Crippen molar-refractivity contribution in [2.24, 2.45) is 11.8 Å². The summed E-state index contributed by atoms with van der Waals surface area (Å²) in [7, 11) is 1.94. The molecule has 0 atom stereocenters. The first-order chi connectivity index (χ1) is 17.7. The summed E-state index contributed by atoms with van der Waals surface area (Å²) in [4.78, 5) is 19.4. The maximum Gasteiger partial charge on any atom is 0.212 e. The van der Waals surface area contributed by atoms with Gasteiger partial charge in [0, 0.05) is 43.3 Å². The Balaban J connectivity index is 1.10. The molecule has 0 spiro atoms. The summed E-state index contributed by atoms with van der Waals surface area (Å²) < 4.78 is 8.14. The van der Waals surface area contributed by atoms with Gasteiger partial charge in [-0.2, -0.15) is 5.10 Å². The van der Waals surface area contributed by atoms with Crippen LogP contribution in [0.15, 0.2) is 30.5 Å². The molecule has 3 aliphatic rings. The first-order valence-corrected chi connectivity index (χ1v) is 14.7. The maximum absolute atomic E-state index is 11.0. The van der Waals surface area contributed by atoms with E-state index in [9.17, 15) is 4.79 Å². The fraction of sp³-hybridized carbons (Fsp3) is 0.621. The van der Waals surface area contributed by atoms with Gasteiger partial charge in [-0.1, -0.05) is 42.7 Å². The largest absolute Gasteiger partial charge is 0.378 e. The van der Waals surface area contributed by atoms with Gasteiger partial charge < -0.3 is 14.4 Å². The number of aromatic nitrogens is 3. The highest BCUT2D eigenvalue weighted by Crippen LogP contribution is 2.42. The summed E-state index contributed by atoms with van der Waals surface area (Å²) in [5.74, 6) is 1.44. The second-order valence-electron chi connectivity index (χ2n) is 11.2. The summed E-state index contributed by atoms with van der Waals surface area (Å²) in [6, 6.07) is 8.88. The fourth-order valence-corrected chi connectivity index (χ4v) is 7.97. The Morgan fingerprint density at radius 2 is 1.72 bits per heavy atom. The molecule has 1 saturated heterocycles. The number of methoxy groups -OCH3 is 1. The number of rotatable bonds is 6. The number of carbonyl (C=O) groups excluding carboxylic acids is 1. The summed E-state index contributed by atoms with van der Waals surface area (Å²) in [6.07, 6.45) is 16.3. The number of benzene rings is 1. The molecule has 0 N–H and O–H groups in total. The number of nitrogens with zero attached hydrogens (tertiary/aromatic N) is 4. The molecule has 0 amide bonds. The third kappa shape index (κ3) is 4.60. The molecule has 192 valence electrons. The van der Waals surface area contributed by atoms with Crippen molar-refractivity contribution in [3.63, 3.8) is 0 Å². The molecule has 0 radical (unpaired) electrons. The van der Waals surface area contributed by atoms with Gasteiger partial charge in [-0.25, -0.2) is 9.50 Å². The molecular formula is C29H38N4O2S. The Morgan fingerprint density at radius 1 is 1.00 bits per heavy atom. The molecule has 2 saturated carbocycles. The van der Waals surface area contributed by atoms with Crippen LogP contribution in [0.2, 0.25) is 0 Å². The smallest absolute Gasteiger partial charge is 0.212 e. The van der Waals surface area contributed by atoms with Crippen LogP contribution in [-0.2, 0) is 9.53 Å². The lowest BCUT2D eigenvalue weighted by Gasteiger charge is -2.47. The van der Waals surface area contributed by atoms with E-state index in [1.165, 1.54) is 37.8 Å². The van der Waals surface area contributed by atoms with Crippen molar-refractivity contribution in [3.05, 3.63) is 35.5 Å². The van der Waals surface area contributed by atoms with Crippen LogP contribution in [0.5, 0.6) is 0 Å². The minimum Gasteiger partial charge on any atom is -0.378 e. The molecule has 36 heavy (non-hydrogen) atoms. The molecule has 6 nitrogen and oxygen atoms in total. The van der Waals surface area contributed by atoms with Gasteiger partial charge in [0.2, 0.25) is 4.96 Å². The topological polar surface area (TPSA) is 59.7 Å². The van der Waals surface area contributed by atoms with Gasteiger partial charge in [0.05, 0.1) is 17.5 Å². The molecule has 2 aliphatic carbocycles. The van der Waals surface area contributed by atoms with Crippen molar-refractivity contribution in [2.45, 2.75) is 82.1 Å². The number of anilines is 1. The van der Waals surface area contributed by atoms with Crippen LogP contribution in [0.3, 0.4) is 0 Å². The van der Waals surface area contributed by atoms with Crippen molar-refractivity contribution in [3.8, 4) is 11.3 Å². The first-order valence-electron chi connectivity index (χ1n) is 13.9. The molecule has 6 rings (SSSR count). The SMILES string of the molecule is COC1(C2CCCCC2)CCN(c2ccc(-c3cn4nc([C@H]5CC[C@H](C=O)CC5)sc4n3)cc2)CC1. The zero-order chi connectivity index (χ0) is 24.5.